The van der Waals surface area contributed by atoms with E-state index in [9.17, 15) is 9.18 Å². The van der Waals surface area contributed by atoms with Crippen LogP contribution in [0, 0.1) is 5.82 Å². The maximum atomic E-state index is 13.0. The molecule has 0 unspecified atom stereocenters. The van der Waals surface area contributed by atoms with E-state index in [4.69, 9.17) is 4.42 Å². The van der Waals surface area contributed by atoms with Crippen molar-refractivity contribution in [1.29, 1.82) is 0 Å². The van der Waals surface area contributed by atoms with Gasteiger partial charge in [-0.2, -0.15) is 0 Å². The van der Waals surface area contributed by atoms with E-state index < -0.39 is 5.25 Å². The van der Waals surface area contributed by atoms with Crippen molar-refractivity contribution in [3.05, 3.63) is 60.4 Å². The molecule has 2 aromatic carbocycles. The highest BCUT2D eigenvalue weighted by molar-refractivity contribution is 8.00. The maximum Gasteiger partial charge on any atom is 0.277 e. The van der Waals surface area contributed by atoms with Gasteiger partial charge in [-0.1, -0.05) is 30.0 Å². The van der Waals surface area contributed by atoms with Gasteiger partial charge in [-0.05, 0) is 50.2 Å². The predicted molar refractivity (Wildman–Crippen MR) is 99.5 cm³/mol. The molecule has 0 aliphatic carbocycles. The van der Waals surface area contributed by atoms with Gasteiger partial charge in [-0.15, -0.1) is 10.2 Å². The minimum atomic E-state index is -0.392. The van der Waals surface area contributed by atoms with E-state index in [0.29, 0.717) is 23.2 Å². The quantitative estimate of drug-likeness (QED) is 0.601. The lowest BCUT2D eigenvalue weighted by Crippen LogP contribution is -2.36. The van der Waals surface area contributed by atoms with E-state index in [1.165, 1.54) is 23.9 Å². The number of nitrogens with zero attached hydrogens (tertiary/aromatic N) is 3. The lowest BCUT2D eigenvalue weighted by atomic mass is 10.2. The molecule has 7 heteroatoms. The fourth-order valence-electron chi connectivity index (χ4n) is 2.46. The Hall–Kier alpha value is -2.67. The van der Waals surface area contributed by atoms with Gasteiger partial charge in [0.05, 0.1) is 5.25 Å². The molecule has 26 heavy (non-hydrogen) atoms. The molecular formula is C19H18FN3O2S. The highest BCUT2D eigenvalue weighted by atomic mass is 32.2. The monoisotopic (exact) mass is 371 g/mol. The van der Waals surface area contributed by atoms with Gasteiger partial charge in [0.2, 0.25) is 11.8 Å². The highest BCUT2D eigenvalue weighted by Gasteiger charge is 2.24. The molecule has 1 atom stereocenters. The first kappa shape index (κ1) is 18.1. The van der Waals surface area contributed by atoms with Crippen molar-refractivity contribution in [3.8, 4) is 11.5 Å². The molecule has 1 heterocycles. The minimum Gasteiger partial charge on any atom is -0.411 e. The zero-order valence-corrected chi connectivity index (χ0v) is 15.2. The van der Waals surface area contributed by atoms with E-state index in [0.717, 1.165) is 5.69 Å². The van der Waals surface area contributed by atoms with Crippen LogP contribution in [0.4, 0.5) is 10.1 Å². The Morgan fingerprint density at radius 3 is 2.50 bits per heavy atom. The number of hydrogen-bond donors (Lipinski definition) is 0. The average molecular weight is 371 g/mol. The van der Waals surface area contributed by atoms with Crippen molar-refractivity contribution in [2.75, 3.05) is 11.4 Å². The summed E-state index contributed by atoms with van der Waals surface area (Å²) in [6.07, 6.45) is 0. The summed E-state index contributed by atoms with van der Waals surface area (Å²) in [7, 11) is 0. The van der Waals surface area contributed by atoms with Crippen LogP contribution in [-0.2, 0) is 4.79 Å². The van der Waals surface area contributed by atoms with Gasteiger partial charge in [0.15, 0.2) is 0 Å². The molecule has 0 bridgehead atoms. The summed E-state index contributed by atoms with van der Waals surface area (Å²) in [5, 5.41) is 7.85. The summed E-state index contributed by atoms with van der Waals surface area (Å²) in [4.78, 5) is 14.5. The molecule has 3 aromatic rings. The standard InChI is InChI=1S/C19H18FN3O2S/c1-3-23(16-7-5-4-6-8-16)18(24)13(2)26-19-22-21-17(25-19)14-9-11-15(20)12-10-14/h4-13H,3H2,1-2H3/t13-/m1/s1. The highest BCUT2D eigenvalue weighted by Crippen LogP contribution is 2.28. The molecule has 3 rings (SSSR count). The van der Waals surface area contributed by atoms with E-state index in [2.05, 4.69) is 10.2 Å². The molecule has 0 fully saturated rings. The molecule has 0 N–H and O–H groups in total. The van der Waals surface area contributed by atoms with Gasteiger partial charge in [0.25, 0.3) is 5.22 Å². The van der Waals surface area contributed by atoms with Crippen molar-refractivity contribution in [2.45, 2.75) is 24.3 Å². The molecule has 1 aromatic heterocycles. The second-order valence-electron chi connectivity index (χ2n) is 5.56. The van der Waals surface area contributed by atoms with Crippen molar-refractivity contribution >= 4 is 23.4 Å². The Bertz CT molecular complexity index is 868. The number of anilines is 1. The van der Waals surface area contributed by atoms with Crippen LogP contribution in [0.2, 0.25) is 0 Å². The van der Waals surface area contributed by atoms with Crippen molar-refractivity contribution in [2.24, 2.45) is 0 Å². The molecule has 0 saturated carbocycles. The Morgan fingerprint density at radius 2 is 1.85 bits per heavy atom. The van der Waals surface area contributed by atoms with Crippen LogP contribution in [0.15, 0.2) is 64.2 Å². The van der Waals surface area contributed by atoms with Gasteiger partial charge < -0.3 is 9.32 Å². The second kappa shape index (κ2) is 8.14. The summed E-state index contributed by atoms with van der Waals surface area (Å²) >= 11 is 1.20. The molecule has 5 nitrogen and oxygen atoms in total. The number of amides is 1. The largest absolute Gasteiger partial charge is 0.411 e. The number of rotatable bonds is 6. The number of carbonyl (C=O) groups excluding carboxylic acids is 1. The normalized spacial score (nSPS) is 12.0. The maximum absolute atomic E-state index is 13.0. The van der Waals surface area contributed by atoms with Gasteiger partial charge >= 0.3 is 0 Å². The first-order valence-corrected chi connectivity index (χ1v) is 9.09. The summed E-state index contributed by atoms with van der Waals surface area (Å²) < 4.78 is 18.6. The summed E-state index contributed by atoms with van der Waals surface area (Å²) in [6.45, 7) is 4.31. The average Bonchev–Trinajstić information content (AvgIpc) is 3.12. The molecule has 0 spiro atoms. The molecule has 0 aliphatic heterocycles. The number of para-hydroxylation sites is 1. The Labute approximate surface area is 155 Å². The zero-order valence-electron chi connectivity index (χ0n) is 14.4. The number of hydrogen-bond acceptors (Lipinski definition) is 5. The first-order chi connectivity index (χ1) is 12.6. The number of aromatic nitrogens is 2. The first-order valence-electron chi connectivity index (χ1n) is 8.21. The van der Waals surface area contributed by atoms with Gasteiger partial charge in [0, 0.05) is 17.8 Å². The third-order valence-electron chi connectivity index (χ3n) is 3.77. The fourth-order valence-corrected chi connectivity index (χ4v) is 3.21. The number of thioether (sulfide) groups is 1. The van der Waals surface area contributed by atoms with Gasteiger partial charge in [-0.25, -0.2) is 4.39 Å². The lowest BCUT2D eigenvalue weighted by molar-refractivity contribution is -0.117. The number of halogens is 1. The fraction of sp³-hybridized carbons (Fsp3) is 0.211. The Balaban J connectivity index is 1.70. The van der Waals surface area contributed by atoms with Crippen LogP contribution in [-0.4, -0.2) is 27.9 Å². The topological polar surface area (TPSA) is 59.2 Å². The minimum absolute atomic E-state index is 0.0368. The predicted octanol–water partition coefficient (Wildman–Crippen LogP) is 4.41. The zero-order chi connectivity index (χ0) is 18.5. The lowest BCUT2D eigenvalue weighted by Gasteiger charge is -2.23. The molecule has 1 amide bonds. The second-order valence-corrected chi connectivity index (χ2v) is 6.85. The van der Waals surface area contributed by atoms with E-state index >= 15 is 0 Å². The summed E-state index contributed by atoms with van der Waals surface area (Å²) in [5.41, 5.74) is 1.48. The SMILES string of the molecule is CCN(C(=O)[C@@H](C)Sc1nnc(-c2ccc(F)cc2)o1)c1ccccc1. The van der Waals surface area contributed by atoms with Crippen LogP contribution in [0.25, 0.3) is 11.5 Å². The smallest absolute Gasteiger partial charge is 0.277 e. The number of benzene rings is 2. The van der Waals surface area contributed by atoms with Gasteiger partial charge in [-0.3, -0.25) is 4.79 Å². The number of carbonyl (C=O) groups is 1. The van der Waals surface area contributed by atoms with Crippen LogP contribution in [0.5, 0.6) is 0 Å². The summed E-state index contributed by atoms with van der Waals surface area (Å²) in [6, 6.07) is 15.3. The van der Waals surface area contributed by atoms with Crippen molar-refractivity contribution in [1.82, 2.24) is 10.2 Å². The van der Waals surface area contributed by atoms with Crippen molar-refractivity contribution in [3.63, 3.8) is 0 Å². The van der Waals surface area contributed by atoms with Crippen molar-refractivity contribution < 1.29 is 13.6 Å². The molecule has 0 radical (unpaired) electrons. The molecule has 0 saturated heterocycles. The van der Waals surface area contributed by atoms with E-state index in [1.54, 1.807) is 24.0 Å². The molecule has 0 aliphatic rings. The summed E-state index contributed by atoms with van der Waals surface area (Å²) in [5.74, 6) is -0.0737. The van der Waals surface area contributed by atoms with Gasteiger partial charge in [0.1, 0.15) is 5.82 Å². The molecular weight excluding hydrogens is 353 g/mol. The third-order valence-corrected chi connectivity index (χ3v) is 4.69. The Morgan fingerprint density at radius 1 is 1.15 bits per heavy atom. The molecule has 134 valence electrons. The van der Waals surface area contributed by atoms with Crippen LogP contribution < -0.4 is 4.90 Å². The third kappa shape index (κ3) is 4.11. The van der Waals surface area contributed by atoms with Crippen LogP contribution in [0.1, 0.15) is 13.8 Å². The van der Waals surface area contributed by atoms with Crippen LogP contribution in [0.3, 0.4) is 0 Å². The Kier molecular flexibility index (Phi) is 5.68. The van der Waals surface area contributed by atoms with Crippen LogP contribution >= 0.6 is 11.8 Å². The van der Waals surface area contributed by atoms with E-state index in [-0.39, 0.29) is 11.7 Å². The van der Waals surface area contributed by atoms with E-state index in [1.807, 2.05) is 37.3 Å².